The maximum atomic E-state index is 12.8. The molecule has 0 saturated carbocycles. The van der Waals surface area contributed by atoms with Crippen molar-refractivity contribution in [3.8, 4) is 6.07 Å². The number of amides is 1. The second-order valence-electron chi connectivity index (χ2n) is 7.17. The topological polar surface area (TPSA) is 78.0 Å². The van der Waals surface area contributed by atoms with Crippen LogP contribution >= 0.6 is 0 Å². The Bertz CT molecular complexity index is 874. The number of carbonyl (C=O) groups is 1. The van der Waals surface area contributed by atoms with Crippen molar-refractivity contribution in [3.63, 3.8) is 0 Å². The lowest BCUT2D eigenvalue weighted by molar-refractivity contribution is 0.0754. The molecular formula is C20H26N6O. The fraction of sp³-hybridized carbons (Fsp3) is 0.500. The maximum absolute atomic E-state index is 12.8. The standard InChI is InChI=1S/C20H26N6O/c1-14-10-19(23-16(3)22-14)20(27)26-7-5-6-25(8-9-26)13-17-11-18(12-21)24(4)15(17)2/h10-11H,5-9,13H2,1-4H3. The lowest BCUT2D eigenvalue weighted by atomic mass is 10.2. The van der Waals surface area contributed by atoms with Gasteiger partial charge in [-0.05, 0) is 44.9 Å². The molecule has 27 heavy (non-hydrogen) atoms. The Balaban J connectivity index is 1.67. The Morgan fingerprint density at radius 1 is 1.15 bits per heavy atom. The molecule has 2 aromatic heterocycles. The number of hydrogen-bond donors (Lipinski definition) is 0. The first-order valence-corrected chi connectivity index (χ1v) is 9.28. The summed E-state index contributed by atoms with van der Waals surface area (Å²) in [6.45, 7) is 9.69. The quantitative estimate of drug-likeness (QED) is 0.830. The van der Waals surface area contributed by atoms with Gasteiger partial charge in [0.15, 0.2) is 0 Å². The summed E-state index contributed by atoms with van der Waals surface area (Å²) in [7, 11) is 1.92. The van der Waals surface area contributed by atoms with Crippen LogP contribution < -0.4 is 0 Å². The van der Waals surface area contributed by atoms with Crippen molar-refractivity contribution in [1.82, 2.24) is 24.3 Å². The zero-order valence-electron chi connectivity index (χ0n) is 16.5. The molecule has 0 N–H and O–H groups in total. The molecule has 0 atom stereocenters. The number of rotatable bonds is 3. The minimum atomic E-state index is -0.0203. The van der Waals surface area contributed by atoms with E-state index < -0.39 is 0 Å². The van der Waals surface area contributed by atoms with Crippen LogP contribution in [0.25, 0.3) is 0 Å². The number of aryl methyl sites for hydroxylation is 2. The molecule has 7 heteroatoms. The SMILES string of the molecule is Cc1cc(C(=O)N2CCCN(Cc3cc(C#N)n(C)c3C)CC2)nc(C)n1. The van der Waals surface area contributed by atoms with Crippen molar-refractivity contribution >= 4 is 5.91 Å². The largest absolute Gasteiger partial charge is 0.340 e. The Morgan fingerprint density at radius 2 is 1.93 bits per heavy atom. The van der Waals surface area contributed by atoms with Crippen molar-refractivity contribution in [3.05, 3.63) is 46.3 Å². The minimum absolute atomic E-state index is 0.0203. The van der Waals surface area contributed by atoms with Gasteiger partial charge in [0.05, 0.1) is 0 Å². The molecule has 0 aliphatic carbocycles. The van der Waals surface area contributed by atoms with E-state index in [1.54, 1.807) is 6.07 Å². The first-order chi connectivity index (χ1) is 12.9. The highest BCUT2D eigenvalue weighted by atomic mass is 16.2. The van der Waals surface area contributed by atoms with Gasteiger partial charge in [-0.2, -0.15) is 5.26 Å². The number of carbonyl (C=O) groups excluding carboxylic acids is 1. The predicted molar refractivity (Wildman–Crippen MR) is 102 cm³/mol. The molecule has 7 nitrogen and oxygen atoms in total. The molecule has 0 bridgehead atoms. The summed E-state index contributed by atoms with van der Waals surface area (Å²) in [5.74, 6) is 0.607. The molecule has 1 aliphatic heterocycles. The van der Waals surface area contributed by atoms with Crippen LogP contribution in [0.4, 0.5) is 0 Å². The highest BCUT2D eigenvalue weighted by molar-refractivity contribution is 5.92. The third-order valence-corrected chi connectivity index (χ3v) is 5.21. The highest BCUT2D eigenvalue weighted by Crippen LogP contribution is 2.17. The van der Waals surface area contributed by atoms with E-state index in [0.717, 1.165) is 44.0 Å². The Kier molecular flexibility index (Phi) is 5.57. The molecule has 1 aliphatic rings. The van der Waals surface area contributed by atoms with Crippen molar-refractivity contribution in [2.45, 2.75) is 33.7 Å². The third kappa shape index (κ3) is 4.17. The van der Waals surface area contributed by atoms with E-state index >= 15 is 0 Å². The Hall–Kier alpha value is -2.72. The minimum Gasteiger partial charge on any atom is -0.340 e. The zero-order valence-corrected chi connectivity index (χ0v) is 16.5. The maximum Gasteiger partial charge on any atom is 0.272 e. The van der Waals surface area contributed by atoms with Crippen LogP contribution in [0.3, 0.4) is 0 Å². The van der Waals surface area contributed by atoms with Crippen molar-refractivity contribution < 1.29 is 4.79 Å². The van der Waals surface area contributed by atoms with Gasteiger partial charge in [-0.1, -0.05) is 0 Å². The third-order valence-electron chi connectivity index (χ3n) is 5.21. The van der Waals surface area contributed by atoms with Crippen LogP contribution in [-0.2, 0) is 13.6 Å². The first-order valence-electron chi connectivity index (χ1n) is 9.28. The molecule has 1 amide bonds. The molecule has 0 spiro atoms. The predicted octanol–water partition coefficient (Wildman–Crippen LogP) is 1.96. The van der Waals surface area contributed by atoms with E-state index in [-0.39, 0.29) is 5.91 Å². The van der Waals surface area contributed by atoms with Crippen LogP contribution in [0.2, 0.25) is 0 Å². The summed E-state index contributed by atoms with van der Waals surface area (Å²) in [6, 6.07) is 5.96. The molecule has 0 unspecified atom stereocenters. The molecule has 1 fully saturated rings. The first kappa shape index (κ1) is 19.1. The summed E-state index contributed by atoms with van der Waals surface area (Å²) in [4.78, 5) is 25.6. The van der Waals surface area contributed by atoms with Crippen molar-refractivity contribution in [2.24, 2.45) is 7.05 Å². The van der Waals surface area contributed by atoms with E-state index in [4.69, 9.17) is 0 Å². The normalized spacial score (nSPS) is 15.4. The molecule has 142 valence electrons. The fourth-order valence-electron chi connectivity index (χ4n) is 3.59. The monoisotopic (exact) mass is 366 g/mol. The van der Waals surface area contributed by atoms with Gasteiger partial charge in [0, 0.05) is 51.2 Å². The molecule has 2 aromatic rings. The summed E-state index contributed by atoms with van der Waals surface area (Å²) >= 11 is 0. The summed E-state index contributed by atoms with van der Waals surface area (Å²) in [5, 5.41) is 9.21. The Morgan fingerprint density at radius 3 is 2.59 bits per heavy atom. The van der Waals surface area contributed by atoms with E-state index in [1.165, 1.54) is 5.56 Å². The lowest BCUT2D eigenvalue weighted by Gasteiger charge is -2.22. The second kappa shape index (κ2) is 7.89. The lowest BCUT2D eigenvalue weighted by Crippen LogP contribution is -2.35. The highest BCUT2D eigenvalue weighted by Gasteiger charge is 2.22. The Labute approximate surface area is 160 Å². The molecule has 3 heterocycles. The van der Waals surface area contributed by atoms with Crippen LogP contribution in [0.15, 0.2) is 12.1 Å². The van der Waals surface area contributed by atoms with Crippen molar-refractivity contribution in [1.29, 1.82) is 5.26 Å². The second-order valence-corrected chi connectivity index (χ2v) is 7.17. The van der Waals surface area contributed by atoms with E-state index in [9.17, 15) is 10.1 Å². The van der Waals surface area contributed by atoms with Gasteiger partial charge >= 0.3 is 0 Å². The van der Waals surface area contributed by atoms with E-state index in [1.807, 2.05) is 43.4 Å². The number of nitrogens with zero attached hydrogens (tertiary/aromatic N) is 6. The van der Waals surface area contributed by atoms with Crippen LogP contribution in [-0.4, -0.2) is 56.4 Å². The summed E-state index contributed by atoms with van der Waals surface area (Å²) in [5.41, 5.74) is 4.27. The van der Waals surface area contributed by atoms with Crippen molar-refractivity contribution in [2.75, 3.05) is 26.2 Å². The van der Waals surface area contributed by atoms with Crippen LogP contribution in [0.5, 0.6) is 0 Å². The van der Waals surface area contributed by atoms with Gasteiger partial charge in [-0.25, -0.2) is 9.97 Å². The average Bonchev–Trinajstić information content (AvgIpc) is 2.79. The smallest absolute Gasteiger partial charge is 0.272 e. The van der Waals surface area contributed by atoms with Gasteiger partial charge in [0.2, 0.25) is 0 Å². The van der Waals surface area contributed by atoms with Crippen LogP contribution in [0.1, 0.15) is 45.4 Å². The molecule has 0 radical (unpaired) electrons. The van der Waals surface area contributed by atoms with Gasteiger partial charge in [-0.3, -0.25) is 9.69 Å². The van der Waals surface area contributed by atoms with Crippen LogP contribution in [0, 0.1) is 32.1 Å². The summed E-state index contributed by atoms with van der Waals surface area (Å²) in [6.07, 6.45) is 0.922. The van der Waals surface area contributed by atoms with Gasteiger partial charge in [-0.15, -0.1) is 0 Å². The number of hydrogen-bond acceptors (Lipinski definition) is 5. The molecule has 3 rings (SSSR count). The number of nitriles is 1. The summed E-state index contributed by atoms with van der Waals surface area (Å²) < 4.78 is 1.93. The molecule has 0 aromatic carbocycles. The van der Waals surface area contributed by atoms with E-state index in [2.05, 4.69) is 20.9 Å². The van der Waals surface area contributed by atoms with E-state index in [0.29, 0.717) is 23.8 Å². The average molecular weight is 366 g/mol. The van der Waals surface area contributed by atoms with Gasteiger partial charge < -0.3 is 9.47 Å². The number of aromatic nitrogens is 3. The zero-order chi connectivity index (χ0) is 19.6. The fourth-order valence-corrected chi connectivity index (χ4v) is 3.59. The van der Waals surface area contributed by atoms with Gasteiger partial charge in [0.25, 0.3) is 5.91 Å². The molecule has 1 saturated heterocycles. The molecular weight excluding hydrogens is 340 g/mol. The van der Waals surface area contributed by atoms with Gasteiger partial charge in [0.1, 0.15) is 23.3 Å².